The summed E-state index contributed by atoms with van der Waals surface area (Å²) in [6, 6.07) is 0. The Morgan fingerprint density at radius 3 is 1.92 bits per heavy atom. The molecule has 0 nitrogen and oxygen atoms in total. The molecule has 0 aromatic carbocycles. The lowest BCUT2D eigenvalue weighted by Crippen LogP contribution is -2.07. The first-order valence-electron chi connectivity index (χ1n) is 5.51. The van der Waals surface area contributed by atoms with Gasteiger partial charge in [-0.2, -0.15) is 0 Å². The zero-order valence-corrected chi connectivity index (χ0v) is 9.10. The summed E-state index contributed by atoms with van der Waals surface area (Å²) in [6.07, 6.45) is 7.92. The van der Waals surface area contributed by atoms with Crippen LogP contribution in [0.2, 0.25) is 0 Å². The Hall–Kier alpha value is 0. The standard InChI is InChI=1S/C12H25/c1-5-7-9-11(3)12(4)10-8-6-2/h11-12H,1,5-10H2,2-4H3. The largest absolute Gasteiger partial charge is 0.0654 e. The molecule has 1 radical (unpaired) electrons. The highest BCUT2D eigenvalue weighted by Gasteiger charge is 2.10. The Balaban J connectivity index is 3.39. The fourth-order valence-electron chi connectivity index (χ4n) is 1.56. The lowest BCUT2D eigenvalue weighted by molar-refractivity contribution is 0.330. The number of hydrogen-bond acceptors (Lipinski definition) is 0. The Kier molecular flexibility index (Phi) is 7.64. The van der Waals surface area contributed by atoms with E-state index in [0.29, 0.717) is 0 Å². The second-order valence-corrected chi connectivity index (χ2v) is 4.09. The van der Waals surface area contributed by atoms with Crippen molar-refractivity contribution < 1.29 is 0 Å². The maximum Gasteiger partial charge on any atom is -0.0417 e. The van der Waals surface area contributed by atoms with Crippen LogP contribution in [0, 0.1) is 18.8 Å². The van der Waals surface area contributed by atoms with Crippen LogP contribution < -0.4 is 0 Å². The molecule has 0 aliphatic carbocycles. The summed E-state index contributed by atoms with van der Waals surface area (Å²) < 4.78 is 0. The molecule has 0 aromatic rings. The summed E-state index contributed by atoms with van der Waals surface area (Å²) in [5, 5.41) is 0. The van der Waals surface area contributed by atoms with Crippen molar-refractivity contribution in [1.82, 2.24) is 0 Å². The van der Waals surface area contributed by atoms with Gasteiger partial charge in [-0.1, -0.05) is 66.2 Å². The van der Waals surface area contributed by atoms with Crippen molar-refractivity contribution in [2.24, 2.45) is 11.8 Å². The van der Waals surface area contributed by atoms with Gasteiger partial charge in [-0.15, -0.1) is 0 Å². The van der Waals surface area contributed by atoms with Gasteiger partial charge >= 0.3 is 0 Å². The first kappa shape index (κ1) is 12.0. The molecule has 0 heteroatoms. The Bertz CT molecular complexity index is 74.0. The minimum absolute atomic E-state index is 0.901. The van der Waals surface area contributed by atoms with E-state index in [1.807, 2.05) is 0 Å². The van der Waals surface area contributed by atoms with E-state index in [9.17, 15) is 0 Å². The summed E-state index contributed by atoms with van der Waals surface area (Å²) in [5.41, 5.74) is 0. The molecule has 12 heavy (non-hydrogen) atoms. The van der Waals surface area contributed by atoms with Crippen molar-refractivity contribution in [3.05, 3.63) is 6.92 Å². The third kappa shape index (κ3) is 5.62. The molecule has 2 unspecified atom stereocenters. The number of rotatable bonds is 7. The predicted octanol–water partition coefficient (Wildman–Crippen LogP) is 4.45. The smallest absolute Gasteiger partial charge is 0.0417 e. The summed E-state index contributed by atoms with van der Waals surface area (Å²) in [6.45, 7) is 10.9. The second-order valence-electron chi connectivity index (χ2n) is 4.09. The highest BCUT2D eigenvalue weighted by molar-refractivity contribution is 4.62. The zero-order chi connectivity index (χ0) is 9.40. The molecule has 0 fully saturated rings. The van der Waals surface area contributed by atoms with Gasteiger partial charge in [-0.25, -0.2) is 0 Å². The first-order chi connectivity index (χ1) is 5.72. The first-order valence-corrected chi connectivity index (χ1v) is 5.51. The molecule has 73 valence electrons. The van der Waals surface area contributed by atoms with Crippen LogP contribution >= 0.6 is 0 Å². The summed E-state index contributed by atoms with van der Waals surface area (Å²) >= 11 is 0. The van der Waals surface area contributed by atoms with Gasteiger partial charge < -0.3 is 0 Å². The second kappa shape index (κ2) is 7.64. The van der Waals surface area contributed by atoms with Crippen molar-refractivity contribution in [2.75, 3.05) is 0 Å². The molecule has 0 amide bonds. The molecule has 0 aliphatic rings. The minimum Gasteiger partial charge on any atom is -0.0654 e. The van der Waals surface area contributed by atoms with E-state index in [0.717, 1.165) is 18.3 Å². The Labute approximate surface area is 78.8 Å². The molecule has 0 bridgehead atoms. The fourth-order valence-corrected chi connectivity index (χ4v) is 1.56. The van der Waals surface area contributed by atoms with Gasteiger partial charge in [0.1, 0.15) is 0 Å². The SMILES string of the molecule is [CH2]CCCC(C)C(C)CCCC. The van der Waals surface area contributed by atoms with Crippen LogP contribution in [0.5, 0.6) is 0 Å². The van der Waals surface area contributed by atoms with Crippen LogP contribution in [0.15, 0.2) is 0 Å². The fraction of sp³-hybridized carbons (Fsp3) is 0.917. The van der Waals surface area contributed by atoms with Crippen LogP contribution in [0.1, 0.15) is 59.3 Å². The molecule has 0 rings (SSSR count). The van der Waals surface area contributed by atoms with Gasteiger partial charge in [0.2, 0.25) is 0 Å². The van der Waals surface area contributed by atoms with Crippen molar-refractivity contribution in [2.45, 2.75) is 59.3 Å². The third-order valence-corrected chi connectivity index (χ3v) is 2.89. The highest BCUT2D eigenvalue weighted by Crippen LogP contribution is 2.22. The monoisotopic (exact) mass is 169 g/mol. The summed E-state index contributed by atoms with van der Waals surface area (Å²) in [5.74, 6) is 1.81. The molecular weight excluding hydrogens is 144 g/mol. The minimum atomic E-state index is 0.901. The third-order valence-electron chi connectivity index (χ3n) is 2.89. The average molecular weight is 169 g/mol. The van der Waals surface area contributed by atoms with E-state index in [-0.39, 0.29) is 0 Å². The lowest BCUT2D eigenvalue weighted by Gasteiger charge is -2.19. The van der Waals surface area contributed by atoms with Crippen molar-refractivity contribution >= 4 is 0 Å². The van der Waals surface area contributed by atoms with E-state index in [2.05, 4.69) is 27.7 Å². The van der Waals surface area contributed by atoms with E-state index >= 15 is 0 Å². The van der Waals surface area contributed by atoms with E-state index in [4.69, 9.17) is 0 Å². The van der Waals surface area contributed by atoms with Gasteiger partial charge in [0.15, 0.2) is 0 Å². The normalized spacial score (nSPS) is 16.0. The van der Waals surface area contributed by atoms with Crippen LogP contribution in [0.4, 0.5) is 0 Å². The molecule has 0 heterocycles. The van der Waals surface area contributed by atoms with E-state index in [1.54, 1.807) is 0 Å². The Morgan fingerprint density at radius 1 is 1.00 bits per heavy atom. The molecule has 0 saturated heterocycles. The van der Waals surface area contributed by atoms with Crippen LogP contribution in [0.3, 0.4) is 0 Å². The molecule has 0 spiro atoms. The van der Waals surface area contributed by atoms with Crippen molar-refractivity contribution in [3.63, 3.8) is 0 Å². The van der Waals surface area contributed by atoms with Crippen molar-refractivity contribution in [1.29, 1.82) is 0 Å². The highest BCUT2D eigenvalue weighted by atomic mass is 14.2. The van der Waals surface area contributed by atoms with Gasteiger partial charge in [0.25, 0.3) is 0 Å². The van der Waals surface area contributed by atoms with Gasteiger partial charge in [-0.05, 0) is 11.8 Å². The maximum atomic E-state index is 3.88. The predicted molar refractivity (Wildman–Crippen MR) is 57.1 cm³/mol. The number of hydrogen-bond donors (Lipinski definition) is 0. The van der Waals surface area contributed by atoms with Gasteiger partial charge in [0, 0.05) is 0 Å². The van der Waals surface area contributed by atoms with Gasteiger partial charge in [-0.3, -0.25) is 0 Å². The molecule has 2 atom stereocenters. The van der Waals surface area contributed by atoms with Crippen LogP contribution in [0.25, 0.3) is 0 Å². The Morgan fingerprint density at radius 2 is 1.50 bits per heavy atom. The molecular formula is C12H25. The van der Waals surface area contributed by atoms with Gasteiger partial charge in [0.05, 0.1) is 0 Å². The van der Waals surface area contributed by atoms with E-state index in [1.165, 1.54) is 32.1 Å². The summed E-state index contributed by atoms with van der Waals surface area (Å²) in [7, 11) is 0. The van der Waals surface area contributed by atoms with Crippen LogP contribution in [-0.2, 0) is 0 Å². The summed E-state index contributed by atoms with van der Waals surface area (Å²) in [4.78, 5) is 0. The number of unbranched alkanes of at least 4 members (excludes halogenated alkanes) is 2. The van der Waals surface area contributed by atoms with E-state index < -0.39 is 0 Å². The lowest BCUT2D eigenvalue weighted by atomic mass is 9.87. The quantitative estimate of drug-likeness (QED) is 0.528. The van der Waals surface area contributed by atoms with Crippen molar-refractivity contribution in [3.8, 4) is 0 Å². The molecule has 0 saturated carbocycles. The van der Waals surface area contributed by atoms with Crippen LogP contribution in [-0.4, -0.2) is 0 Å². The molecule has 0 aliphatic heterocycles. The zero-order valence-electron chi connectivity index (χ0n) is 9.10. The molecule has 0 N–H and O–H groups in total. The topological polar surface area (TPSA) is 0 Å². The molecule has 0 aromatic heterocycles. The average Bonchev–Trinajstić information content (AvgIpc) is 2.10. The maximum absolute atomic E-state index is 3.88.